The van der Waals surface area contributed by atoms with Gasteiger partial charge in [-0.3, -0.25) is 9.20 Å². The fraction of sp³-hybridized carbons (Fsp3) is 0.350. The van der Waals surface area contributed by atoms with Crippen molar-refractivity contribution in [2.45, 2.75) is 11.8 Å². The summed E-state index contributed by atoms with van der Waals surface area (Å²) in [5.74, 6) is 2.77. The van der Waals surface area contributed by atoms with Gasteiger partial charge in [0.1, 0.15) is 18.1 Å². The second kappa shape index (κ2) is 12.0. The normalized spacial score (nSPS) is 12.3. The van der Waals surface area contributed by atoms with Crippen molar-refractivity contribution >= 4 is 16.8 Å². The van der Waals surface area contributed by atoms with Gasteiger partial charge in [0.25, 0.3) is 0 Å². The van der Waals surface area contributed by atoms with Crippen molar-refractivity contribution in [1.82, 2.24) is 10.6 Å². The number of aliphatic imine (C=N–C) groups is 1. The minimum absolute atomic E-state index is 0.482. The Balaban J connectivity index is 1.73. The fourth-order valence-corrected chi connectivity index (χ4v) is 3.24. The van der Waals surface area contributed by atoms with Crippen molar-refractivity contribution < 1.29 is 13.7 Å². The molecule has 27 heavy (non-hydrogen) atoms. The predicted molar refractivity (Wildman–Crippen MR) is 110 cm³/mol. The van der Waals surface area contributed by atoms with Gasteiger partial charge < -0.3 is 20.1 Å². The molecule has 0 aliphatic carbocycles. The Hall–Kier alpha value is -2.54. The molecule has 6 nitrogen and oxygen atoms in total. The van der Waals surface area contributed by atoms with E-state index in [1.807, 2.05) is 61.5 Å². The standard InChI is InChI=1S/C20H27N3O3S/c1-3-21-20(23-14-16-27(24)19-7-5-4-6-8-19)22-13-15-26-18-11-9-17(25-2)10-12-18/h4-12H,3,13-16H2,1-2H3,(H2,21,22,23). The lowest BCUT2D eigenvalue weighted by molar-refractivity contribution is 0.321. The third-order valence-electron chi connectivity index (χ3n) is 3.62. The molecule has 2 N–H and O–H groups in total. The second-order valence-corrected chi connectivity index (χ2v) is 7.14. The molecule has 0 saturated heterocycles. The molecule has 1 atom stereocenters. The van der Waals surface area contributed by atoms with E-state index in [2.05, 4.69) is 15.6 Å². The summed E-state index contributed by atoms with van der Waals surface area (Å²) < 4.78 is 23.0. The van der Waals surface area contributed by atoms with Crippen LogP contribution in [0.3, 0.4) is 0 Å². The average Bonchev–Trinajstić information content (AvgIpc) is 2.72. The van der Waals surface area contributed by atoms with Crippen LogP contribution >= 0.6 is 0 Å². The summed E-state index contributed by atoms with van der Waals surface area (Å²) in [7, 11) is 0.599. The van der Waals surface area contributed by atoms with E-state index >= 15 is 0 Å². The zero-order valence-corrected chi connectivity index (χ0v) is 16.6. The predicted octanol–water partition coefficient (Wildman–Crippen LogP) is 2.44. The van der Waals surface area contributed by atoms with Crippen LogP contribution in [0, 0.1) is 0 Å². The van der Waals surface area contributed by atoms with Gasteiger partial charge in [-0.25, -0.2) is 0 Å². The molecule has 0 aliphatic rings. The van der Waals surface area contributed by atoms with Crippen LogP contribution in [0.25, 0.3) is 0 Å². The van der Waals surface area contributed by atoms with E-state index in [1.54, 1.807) is 7.11 Å². The summed E-state index contributed by atoms with van der Waals surface area (Å²) in [6.45, 7) is 4.36. The van der Waals surface area contributed by atoms with E-state index < -0.39 is 10.8 Å². The molecule has 0 amide bonds. The van der Waals surface area contributed by atoms with Crippen molar-refractivity contribution in [1.29, 1.82) is 0 Å². The Labute approximate surface area is 163 Å². The largest absolute Gasteiger partial charge is 0.497 e. The third kappa shape index (κ3) is 7.70. The van der Waals surface area contributed by atoms with E-state index in [4.69, 9.17) is 9.47 Å². The average molecular weight is 390 g/mol. The summed E-state index contributed by atoms with van der Waals surface area (Å²) >= 11 is 0. The molecule has 0 bridgehead atoms. The Morgan fingerprint density at radius 3 is 2.41 bits per heavy atom. The Morgan fingerprint density at radius 1 is 1.04 bits per heavy atom. The van der Waals surface area contributed by atoms with Gasteiger partial charge in [-0.1, -0.05) is 18.2 Å². The number of hydrogen-bond donors (Lipinski definition) is 2. The molecule has 0 radical (unpaired) electrons. The van der Waals surface area contributed by atoms with Gasteiger partial charge in [-0.15, -0.1) is 0 Å². The van der Waals surface area contributed by atoms with Gasteiger partial charge in [-0.05, 0) is 43.3 Å². The first-order valence-corrected chi connectivity index (χ1v) is 10.3. The van der Waals surface area contributed by atoms with Crippen LogP contribution in [0.2, 0.25) is 0 Å². The number of nitrogens with one attached hydrogen (secondary N) is 2. The fourth-order valence-electron chi connectivity index (χ4n) is 2.28. The van der Waals surface area contributed by atoms with E-state index in [0.717, 1.165) is 22.9 Å². The first kappa shape index (κ1) is 20.8. The van der Waals surface area contributed by atoms with Gasteiger partial charge in [0.15, 0.2) is 5.96 Å². The van der Waals surface area contributed by atoms with Crippen molar-refractivity contribution in [2.75, 3.05) is 39.1 Å². The lowest BCUT2D eigenvalue weighted by Crippen LogP contribution is -2.39. The monoisotopic (exact) mass is 389 g/mol. The zero-order valence-electron chi connectivity index (χ0n) is 15.8. The van der Waals surface area contributed by atoms with E-state index in [-0.39, 0.29) is 0 Å². The number of benzene rings is 2. The Morgan fingerprint density at radius 2 is 1.74 bits per heavy atom. The minimum Gasteiger partial charge on any atom is -0.497 e. The molecular formula is C20H27N3O3S. The maximum absolute atomic E-state index is 12.2. The summed E-state index contributed by atoms with van der Waals surface area (Å²) in [6, 6.07) is 16.9. The summed E-state index contributed by atoms with van der Waals surface area (Å²) in [5.41, 5.74) is 0. The molecular weight excluding hydrogens is 362 g/mol. The highest BCUT2D eigenvalue weighted by Crippen LogP contribution is 2.16. The molecule has 0 spiro atoms. The molecule has 7 heteroatoms. The van der Waals surface area contributed by atoms with Crippen molar-refractivity contribution in [2.24, 2.45) is 4.99 Å². The van der Waals surface area contributed by atoms with Crippen LogP contribution in [-0.4, -0.2) is 49.3 Å². The summed E-state index contributed by atoms with van der Waals surface area (Å²) in [4.78, 5) is 5.31. The molecule has 0 heterocycles. The maximum Gasteiger partial charge on any atom is 0.191 e. The summed E-state index contributed by atoms with van der Waals surface area (Å²) in [5, 5.41) is 6.39. The zero-order chi connectivity index (χ0) is 19.3. The van der Waals surface area contributed by atoms with Gasteiger partial charge in [0.2, 0.25) is 0 Å². The minimum atomic E-state index is -1.04. The molecule has 0 fully saturated rings. The molecule has 2 rings (SSSR count). The van der Waals surface area contributed by atoms with Gasteiger partial charge >= 0.3 is 0 Å². The molecule has 2 aromatic carbocycles. The number of rotatable bonds is 10. The first-order chi connectivity index (χ1) is 13.2. The quantitative estimate of drug-likeness (QED) is 0.371. The molecule has 0 aliphatic heterocycles. The highest BCUT2D eigenvalue weighted by Gasteiger charge is 2.03. The maximum atomic E-state index is 12.2. The van der Waals surface area contributed by atoms with Crippen molar-refractivity contribution in [3.63, 3.8) is 0 Å². The van der Waals surface area contributed by atoms with E-state index in [0.29, 0.717) is 31.4 Å². The van der Waals surface area contributed by atoms with Crippen LogP contribution in [-0.2, 0) is 10.8 Å². The number of hydrogen-bond acceptors (Lipinski definition) is 4. The Bertz CT molecular complexity index is 721. The topological polar surface area (TPSA) is 72.0 Å². The van der Waals surface area contributed by atoms with Gasteiger partial charge in [-0.2, -0.15) is 0 Å². The van der Waals surface area contributed by atoms with E-state index in [1.165, 1.54) is 0 Å². The SMILES string of the molecule is CCNC(=NCCS(=O)c1ccccc1)NCCOc1ccc(OC)cc1. The Kier molecular flexibility index (Phi) is 9.20. The van der Waals surface area contributed by atoms with E-state index in [9.17, 15) is 4.21 Å². The van der Waals surface area contributed by atoms with Crippen molar-refractivity contribution in [3.8, 4) is 11.5 Å². The number of ether oxygens (including phenoxy) is 2. The second-order valence-electron chi connectivity index (χ2n) is 5.57. The molecule has 2 aromatic rings. The molecule has 0 aromatic heterocycles. The smallest absolute Gasteiger partial charge is 0.191 e. The van der Waals surface area contributed by atoms with Crippen LogP contribution in [0.1, 0.15) is 6.92 Å². The third-order valence-corrected chi connectivity index (χ3v) is 4.97. The molecule has 146 valence electrons. The van der Waals surface area contributed by atoms with Crippen LogP contribution in [0.4, 0.5) is 0 Å². The lowest BCUT2D eigenvalue weighted by Gasteiger charge is -2.12. The number of guanidine groups is 1. The van der Waals surface area contributed by atoms with Crippen LogP contribution < -0.4 is 20.1 Å². The highest BCUT2D eigenvalue weighted by atomic mass is 32.2. The highest BCUT2D eigenvalue weighted by molar-refractivity contribution is 7.85. The lowest BCUT2D eigenvalue weighted by atomic mass is 10.3. The molecule has 1 unspecified atom stereocenters. The number of methoxy groups -OCH3 is 1. The van der Waals surface area contributed by atoms with Gasteiger partial charge in [0, 0.05) is 17.2 Å². The summed E-state index contributed by atoms with van der Waals surface area (Å²) in [6.07, 6.45) is 0. The number of nitrogens with zero attached hydrogens (tertiary/aromatic N) is 1. The van der Waals surface area contributed by atoms with Gasteiger partial charge in [0.05, 0.1) is 31.0 Å². The van der Waals surface area contributed by atoms with Crippen LogP contribution in [0.15, 0.2) is 64.5 Å². The first-order valence-electron chi connectivity index (χ1n) is 8.95. The van der Waals surface area contributed by atoms with Crippen LogP contribution in [0.5, 0.6) is 11.5 Å². The molecule has 0 saturated carbocycles. The van der Waals surface area contributed by atoms with Crippen molar-refractivity contribution in [3.05, 3.63) is 54.6 Å².